The Morgan fingerprint density at radius 1 is 1.18 bits per heavy atom. The van der Waals surface area contributed by atoms with Crippen LogP contribution in [0.15, 0.2) is 54.2 Å². The topological polar surface area (TPSA) is 67.2 Å². The first-order chi connectivity index (χ1) is 8.36. The summed E-state index contributed by atoms with van der Waals surface area (Å²) in [6, 6.07) is 6.95. The molecule has 0 aliphatic rings. The molecule has 0 aromatic carbocycles. The van der Waals surface area contributed by atoms with Gasteiger partial charge in [-0.3, -0.25) is 14.8 Å². The zero-order valence-electron chi connectivity index (χ0n) is 8.95. The summed E-state index contributed by atoms with van der Waals surface area (Å²) in [7, 11) is 0. The van der Waals surface area contributed by atoms with Gasteiger partial charge in [-0.1, -0.05) is 0 Å². The largest absolute Gasteiger partial charge is 0.272 e. The van der Waals surface area contributed by atoms with Crippen LogP contribution >= 0.6 is 0 Å². The maximum absolute atomic E-state index is 11.6. The van der Waals surface area contributed by atoms with Gasteiger partial charge in [-0.25, -0.2) is 5.43 Å². The molecule has 5 heteroatoms. The number of rotatable bonds is 3. The molecular weight excluding hydrogens is 216 g/mol. The summed E-state index contributed by atoms with van der Waals surface area (Å²) < 4.78 is 0. The highest BCUT2D eigenvalue weighted by Gasteiger charge is 2.01. The predicted octanol–water partition coefficient (Wildman–Crippen LogP) is 1.24. The first-order valence-electron chi connectivity index (χ1n) is 5.00. The average molecular weight is 226 g/mol. The normalized spacial score (nSPS) is 10.4. The third-order valence-corrected chi connectivity index (χ3v) is 2.01. The molecule has 0 bridgehead atoms. The van der Waals surface area contributed by atoms with E-state index in [-0.39, 0.29) is 5.91 Å². The van der Waals surface area contributed by atoms with Gasteiger partial charge in [0.2, 0.25) is 0 Å². The lowest BCUT2D eigenvalue weighted by atomic mass is 10.3. The molecule has 84 valence electrons. The smallest absolute Gasteiger partial charge is 0.267 e. The van der Waals surface area contributed by atoms with Gasteiger partial charge in [0.15, 0.2) is 0 Å². The van der Waals surface area contributed by atoms with Crippen molar-refractivity contribution in [2.45, 2.75) is 0 Å². The minimum Gasteiger partial charge on any atom is -0.267 e. The van der Waals surface area contributed by atoms with Gasteiger partial charge in [0.1, 0.15) is 0 Å². The monoisotopic (exact) mass is 226 g/mol. The molecule has 0 fully saturated rings. The summed E-state index contributed by atoms with van der Waals surface area (Å²) in [6.45, 7) is 0. The van der Waals surface area contributed by atoms with E-state index in [0.717, 1.165) is 5.56 Å². The van der Waals surface area contributed by atoms with Crippen LogP contribution in [-0.4, -0.2) is 22.1 Å². The van der Waals surface area contributed by atoms with Crippen LogP contribution in [0.25, 0.3) is 0 Å². The number of nitrogens with zero attached hydrogens (tertiary/aromatic N) is 3. The van der Waals surface area contributed by atoms with Crippen molar-refractivity contribution < 1.29 is 4.79 Å². The van der Waals surface area contributed by atoms with Crippen molar-refractivity contribution in [2.24, 2.45) is 5.10 Å². The number of carbonyl (C=O) groups excluding carboxylic acids is 1. The maximum Gasteiger partial charge on any atom is 0.272 e. The van der Waals surface area contributed by atoms with Gasteiger partial charge >= 0.3 is 0 Å². The second-order valence-electron chi connectivity index (χ2n) is 3.22. The zero-order valence-corrected chi connectivity index (χ0v) is 8.95. The van der Waals surface area contributed by atoms with Crippen molar-refractivity contribution in [1.29, 1.82) is 0 Å². The first kappa shape index (κ1) is 10.9. The number of aromatic nitrogens is 2. The Bertz CT molecular complexity index is 511. The zero-order chi connectivity index (χ0) is 11.9. The molecule has 2 rings (SSSR count). The van der Waals surface area contributed by atoms with Crippen LogP contribution in [0.4, 0.5) is 0 Å². The Balaban J connectivity index is 1.95. The molecule has 2 aromatic rings. The number of nitrogens with one attached hydrogen (secondary N) is 1. The molecular formula is C12H10N4O. The Labute approximate surface area is 98.2 Å². The molecule has 0 unspecified atom stereocenters. The fraction of sp³-hybridized carbons (Fsp3) is 0. The number of amides is 1. The second kappa shape index (κ2) is 5.50. The van der Waals surface area contributed by atoms with Gasteiger partial charge in [-0.2, -0.15) is 5.10 Å². The van der Waals surface area contributed by atoms with E-state index in [2.05, 4.69) is 20.5 Å². The average Bonchev–Trinajstić information content (AvgIpc) is 2.41. The Morgan fingerprint density at radius 2 is 2.00 bits per heavy atom. The Kier molecular flexibility index (Phi) is 3.54. The lowest BCUT2D eigenvalue weighted by Gasteiger charge is -1.97. The van der Waals surface area contributed by atoms with E-state index in [9.17, 15) is 4.79 Å². The van der Waals surface area contributed by atoms with E-state index in [1.165, 1.54) is 6.20 Å². The number of hydrogen-bond donors (Lipinski definition) is 1. The number of hydrazone groups is 1. The van der Waals surface area contributed by atoms with Gasteiger partial charge in [0.05, 0.1) is 11.8 Å². The molecule has 17 heavy (non-hydrogen) atoms. The van der Waals surface area contributed by atoms with Gasteiger partial charge in [-0.05, 0) is 29.8 Å². The first-order valence-corrected chi connectivity index (χ1v) is 5.00. The summed E-state index contributed by atoms with van der Waals surface area (Å²) in [6.07, 6.45) is 7.96. The molecule has 2 heterocycles. The van der Waals surface area contributed by atoms with Crippen LogP contribution in [0.3, 0.4) is 0 Å². The van der Waals surface area contributed by atoms with Crippen LogP contribution < -0.4 is 5.43 Å². The van der Waals surface area contributed by atoms with Gasteiger partial charge in [0, 0.05) is 24.8 Å². The summed E-state index contributed by atoms with van der Waals surface area (Å²) >= 11 is 0. The minimum absolute atomic E-state index is 0.289. The molecule has 1 amide bonds. The lowest BCUT2D eigenvalue weighted by Crippen LogP contribution is -2.17. The number of pyridine rings is 2. The van der Waals surface area contributed by atoms with Crippen LogP contribution in [0.1, 0.15) is 15.9 Å². The fourth-order valence-corrected chi connectivity index (χ4v) is 1.18. The van der Waals surface area contributed by atoms with Gasteiger partial charge in [-0.15, -0.1) is 0 Å². The highest BCUT2D eigenvalue weighted by atomic mass is 16.2. The lowest BCUT2D eigenvalue weighted by molar-refractivity contribution is 0.0955. The standard InChI is InChI=1S/C12H10N4O/c17-12(11-2-1-5-14-9-11)16-15-8-10-3-6-13-7-4-10/h1-9H,(H,16,17)/b15-8+. The molecule has 2 aromatic heterocycles. The molecule has 1 N–H and O–H groups in total. The van der Waals surface area contributed by atoms with Gasteiger partial charge in [0.25, 0.3) is 5.91 Å². The van der Waals surface area contributed by atoms with Crippen LogP contribution in [0.5, 0.6) is 0 Å². The van der Waals surface area contributed by atoms with Crippen LogP contribution in [0, 0.1) is 0 Å². The van der Waals surface area contributed by atoms with E-state index in [1.807, 2.05) is 0 Å². The Morgan fingerprint density at radius 3 is 2.71 bits per heavy atom. The number of hydrogen-bond acceptors (Lipinski definition) is 4. The molecule has 5 nitrogen and oxygen atoms in total. The number of carbonyl (C=O) groups is 1. The molecule has 0 aliphatic heterocycles. The van der Waals surface area contributed by atoms with Crippen LogP contribution in [0.2, 0.25) is 0 Å². The summed E-state index contributed by atoms with van der Waals surface area (Å²) in [5.41, 5.74) is 3.76. The third kappa shape index (κ3) is 3.20. The van der Waals surface area contributed by atoms with Crippen molar-refractivity contribution in [1.82, 2.24) is 15.4 Å². The second-order valence-corrected chi connectivity index (χ2v) is 3.22. The quantitative estimate of drug-likeness (QED) is 0.632. The van der Waals surface area contributed by atoms with E-state index in [1.54, 1.807) is 49.1 Å². The maximum atomic E-state index is 11.6. The molecule has 0 spiro atoms. The fourth-order valence-electron chi connectivity index (χ4n) is 1.18. The van der Waals surface area contributed by atoms with Crippen molar-refractivity contribution >= 4 is 12.1 Å². The molecule has 0 saturated carbocycles. The summed E-state index contributed by atoms with van der Waals surface area (Å²) in [4.78, 5) is 19.3. The van der Waals surface area contributed by atoms with Crippen molar-refractivity contribution in [3.63, 3.8) is 0 Å². The van der Waals surface area contributed by atoms with Gasteiger partial charge < -0.3 is 0 Å². The van der Waals surface area contributed by atoms with Crippen LogP contribution in [-0.2, 0) is 0 Å². The van der Waals surface area contributed by atoms with E-state index < -0.39 is 0 Å². The summed E-state index contributed by atoms with van der Waals surface area (Å²) in [5.74, 6) is -0.289. The predicted molar refractivity (Wildman–Crippen MR) is 63.5 cm³/mol. The van der Waals surface area contributed by atoms with Crippen molar-refractivity contribution in [3.8, 4) is 0 Å². The highest BCUT2D eigenvalue weighted by molar-refractivity contribution is 5.94. The van der Waals surface area contributed by atoms with E-state index >= 15 is 0 Å². The SMILES string of the molecule is O=C(N/N=C/c1ccncc1)c1cccnc1. The minimum atomic E-state index is -0.289. The van der Waals surface area contributed by atoms with Crippen molar-refractivity contribution in [2.75, 3.05) is 0 Å². The van der Waals surface area contributed by atoms with Crippen molar-refractivity contribution in [3.05, 3.63) is 60.2 Å². The summed E-state index contributed by atoms with van der Waals surface area (Å²) in [5, 5.41) is 3.84. The Hall–Kier alpha value is -2.56. The van der Waals surface area contributed by atoms with E-state index in [4.69, 9.17) is 0 Å². The molecule has 0 saturated heterocycles. The third-order valence-electron chi connectivity index (χ3n) is 2.01. The molecule has 0 aliphatic carbocycles. The van der Waals surface area contributed by atoms with E-state index in [0.29, 0.717) is 5.56 Å². The molecule has 0 atom stereocenters. The highest BCUT2D eigenvalue weighted by Crippen LogP contribution is 1.95. The molecule has 0 radical (unpaired) electrons.